The number of hydrogen-bond donors (Lipinski definition) is 2. The maximum atomic E-state index is 13.3. The van der Waals surface area contributed by atoms with E-state index in [1.165, 1.54) is 12.3 Å². The smallest absolute Gasteiger partial charge is 0.416 e. The largest absolute Gasteiger partial charge is 0.483 e. The molecule has 1 spiro atoms. The van der Waals surface area contributed by atoms with Crippen molar-refractivity contribution >= 4 is 44.4 Å². The van der Waals surface area contributed by atoms with Crippen LogP contribution in [-0.2, 0) is 47.0 Å². The van der Waals surface area contributed by atoms with Gasteiger partial charge < -0.3 is 29.4 Å². The molecule has 3 fully saturated rings. The predicted octanol–water partition coefficient (Wildman–Crippen LogP) is 8.33. The molecule has 0 amide bonds. The molecule has 0 aliphatic carbocycles. The van der Waals surface area contributed by atoms with Crippen molar-refractivity contribution in [1.29, 1.82) is 0 Å². The van der Waals surface area contributed by atoms with Gasteiger partial charge in [-0.25, -0.2) is 18.7 Å². The Hall–Kier alpha value is -2.03. The number of alkyl halides is 5. The van der Waals surface area contributed by atoms with Crippen molar-refractivity contribution in [2.75, 3.05) is 55.4 Å². The van der Waals surface area contributed by atoms with Crippen molar-refractivity contribution in [3.63, 3.8) is 0 Å². The second kappa shape index (κ2) is 25.9. The van der Waals surface area contributed by atoms with Crippen molar-refractivity contribution in [3.05, 3.63) is 62.9 Å². The number of nitrogens with zero attached hydrogens (tertiary/aromatic N) is 4. The van der Waals surface area contributed by atoms with E-state index in [0.29, 0.717) is 62.1 Å². The van der Waals surface area contributed by atoms with Crippen LogP contribution in [0.1, 0.15) is 85.2 Å². The fraction of sp³-hybridized carbons (Fsp3) is 0.600. The van der Waals surface area contributed by atoms with Crippen LogP contribution >= 0.6 is 20.8 Å². The zero-order valence-electron chi connectivity index (χ0n) is 31.2. The number of nitrogens with one attached hydrogen (secondary N) is 1. The van der Waals surface area contributed by atoms with Gasteiger partial charge in [0.1, 0.15) is 17.1 Å². The number of pyridine rings is 1. The van der Waals surface area contributed by atoms with Crippen LogP contribution in [0.25, 0.3) is 5.57 Å². The molecule has 0 aromatic carbocycles. The molecule has 3 aliphatic heterocycles. The van der Waals surface area contributed by atoms with E-state index < -0.39 is 24.0 Å². The van der Waals surface area contributed by atoms with Crippen molar-refractivity contribution in [1.82, 2.24) is 15.0 Å². The van der Waals surface area contributed by atoms with Crippen LogP contribution in [0.3, 0.4) is 0 Å². The van der Waals surface area contributed by atoms with Gasteiger partial charge in [0, 0.05) is 64.6 Å². The summed E-state index contributed by atoms with van der Waals surface area (Å²) in [5.41, 5.74) is -0.193. The monoisotopic (exact) mass is 872 g/mol. The summed E-state index contributed by atoms with van der Waals surface area (Å²) in [6.07, 6.45) is -1.000. The molecule has 3 aliphatic rings. The van der Waals surface area contributed by atoms with E-state index in [9.17, 15) is 26.7 Å². The van der Waals surface area contributed by atoms with E-state index in [1.54, 1.807) is 13.0 Å². The molecule has 0 saturated carbocycles. The number of anilines is 2. The SMILES string of the molecule is CC.CC.CC/C=C(/C=C(\CCP)c1cc(N2CCCC2)nc(C(F)F)n1)C(F)(F)F.CC1N(c2cc(Cl)c[nH]c2=O)CCOC12COC2.O=CO.[Y]. The second-order valence-electron chi connectivity index (χ2n) is 11.2. The maximum Gasteiger partial charge on any atom is 0.416 e. The standard InChI is InChI=1S/C18H23F5N3P.C12H15ClN2O3.2C2H6.CH2O2.Y/c1-2-5-13(18(21,22)23)10-12(6-9-27)14-11-15(26-7-3-4-8-26)25-17(24-14)16(19)20;1-8-12(6-17-7-12)18-3-2-15(8)10-4-9(13)5-14-11(10)16;2*1-2;2-1-3;/h5,10-11,16H,2-4,6-9,27H2,1H3;4-5,8H,2-3,6-7H2,1H3,(H,14,16);2*1-2H3;1H,(H,2,3);/b12-10+,13-5-;;;;;. The molecule has 5 rings (SSSR count). The first-order valence-corrected chi connectivity index (χ1v) is 18.5. The van der Waals surface area contributed by atoms with Crippen LogP contribution in [0.15, 0.2) is 40.8 Å². The summed E-state index contributed by atoms with van der Waals surface area (Å²) in [5, 5.41) is 7.42. The van der Waals surface area contributed by atoms with Crippen LogP contribution in [0.2, 0.25) is 5.02 Å². The normalized spacial score (nSPS) is 17.7. The van der Waals surface area contributed by atoms with Gasteiger partial charge in [0.05, 0.1) is 42.2 Å². The molecule has 1 radical (unpaired) electrons. The van der Waals surface area contributed by atoms with E-state index in [0.717, 1.165) is 25.0 Å². The van der Waals surface area contributed by atoms with Crippen LogP contribution in [0.5, 0.6) is 0 Å². The molecule has 10 nitrogen and oxygen atoms in total. The Bertz CT molecular complexity index is 1490. The average molecular weight is 873 g/mol. The van der Waals surface area contributed by atoms with Gasteiger partial charge in [0.25, 0.3) is 18.5 Å². The molecule has 2 aromatic heterocycles. The summed E-state index contributed by atoms with van der Waals surface area (Å²) in [6.45, 7) is 15.2. The third kappa shape index (κ3) is 15.2. The first-order valence-electron chi connectivity index (χ1n) is 17.3. The van der Waals surface area contributed by atoms with Gasteiger partial charge in [0.15, 0.2) is 5.82 Å². The van der Waals surface area contributed by atoms with Crippen molar-refractivity contribution in [2.45, 2.75) is 91.5 Å². The van der Waals surface area contributed by atoms with E-state index in [1.807, 2.05) is 32.6 Å². The Morgan fingerprint density at radius 1 is 1.15 bits per heavy atom. The van der Waals surface area contributed by atoms with Crippen LogP contribution in [-0.4, -0.2) is 90.0 Å². The summed E-state index contributed by atoms with van der Waals surface area (Å²) in [7, 11) is 2.44. The third-order valence-electron chi connectivity index (χ3n) is 7.98. The fourth-order valence-electron chi connectivity index (χ4n) is 5.48. The first-order chi connectivity index (χ1) is 24.8. The van der Waals surface area contributed by atoms with Gasteiger partial charge in [-0.1, -0.05) is 52.3 Å². The summed E-state index contributed by atoms with van der Waals surface area (Å²) >= 11 is 5.95. The van der Waals surface area contributed by atoms with E-state index >= 15 is 0 Å². The number of H-pyrrole nitrogens is 1. The van der Waals surface area contributed by atoms with E-state index in [-0.39, 0.29) is 80.5 Å². The number of rotatable bonds is 8. The summed E-state index contributed by atoms with van der Waals surface area (Å²) in [6, 6.07) is 3.32. The number of morpholine rings is 1. The summed E-state index contributed by atoms with van der Waals surface area (Å²) in [4.78, 5) is 34.6. The molecule has 5 heterocycles. The van der Waals surface area contributed by atoms with Gasteiger partial charge in [-0.15, -0.1) is 9.24 Å². The summed E-state index contributed by atoms with van der Waals surface area (Å²) in [5.74, 6) is -0.312. The minimum Gasteiger partial charge on any atom is -0.483 e. The molecule has 3 saturated heterocycles. The molecule has 18 heteroatoms. The zero-order valence-corrected chi connectivity index (χ0v) is 35.9. The first kappa shape index (κ1) is 51.0. The van der Waals surface area contributed by atoms with Crippen LogP contribution in [0.4, 0.5) is 33.5 Å². The van der Waals surface area contributed by atoms with Gasteiger partial charge >= 0.3 is 6.18 Å². The quantitative estimate of drug-likeness (QED) is 0.117. The number of hydrogen-bond acceptors (Lipinski definition) is 8. The predicted molar refractivity (Wildman–Crippen MR) is 200 cm³/mol. The Kier molecular flexibility index (Phi) is 24.9. The molecule has 2 unspecified atom stereocenters. The molecular weight excluding hydrogens is 821 g/mol. The molecule has 2 atom stereocenters. The van der Waals surface area contributed by atoms with Gasteiger partial charge in [0.2, 0.25) is 0 Å². The van der Waals surface area contributed by atoms with Crippen molar-refractivity contribution < 1.29 is 74.0 Å². The molecular formula is C35H52ClF5N5O5PY. The van der Waals surface area contributed by atoms with Crippen LogP contribution in [0, 0.1) is 0 Å². The number of aromatic amines is 1. The minimum absolute atomic E-state index is 0. The number of aromatic nitrogens is 3. The molecule has 2 aromatic rings. The van der Waals surface area contributed by atoms with Crippen molar-refractivity contribution in [3.8, 4) is 0 Å². The Labute approximate surface area is 341 Å². The number of carboxylic acid groups (broad SMARTS) is 1. The second-order valence-corrected chi connectivity index (χ2v) is 12.2. The Morgan fingerprint density at radius 3 is 2.25 bits per heavy atom. The van der Waals surface area contributed by atoms with Gasteiger partial charge in [-0.2, -0.15) is 13.2 Å². The number of allylic oxidation sites excluding steroid dienone is 4. The number of ether oxygens (including phenoxy) is 2. The third-order valence-corrected chi connectivity index (χ3v) is 8.49. The summed E-state index contributed by atoms with van der Waals surface area (Å²) < 4.78 is 77.5. The Morgan fingerprint density at radius 2 is 1.75 bits per heavy atom. The molecule has 2 N–H and O–H groups in total. The van der Waals surface area contributed by atoms with E-state index in [4.69, 9.17) is 31.0 Å². The molecule has 53 heavy (non-hydrogen) atoms. The minimum atomic E-state index is -4.52. The zero-order chi connectivity index (χ0) is 39.5. The van der Waals surface area contributed by atoms with Gasteiger partial charge in [-0.05, 0) is 56.5 Å². The molecule has 0 bridgehead atoms. The number of carbonyl (C=O) groups is 1. The van der Waals surface area contributed by atoms with E-state index in [2.05, 4.69) is 36.0 Å². The molecule has 297 valence electrons. The topological polar surface area (TPSA) is 121 Å². The van der Waals surface area contributed by atoms with Crippen molar-refractivity contribution in [2.24, 2.45) is 0 Å². The maximum absolute atomic E-state index is 13.3. The number of halogens is 6. The Balaban J connectivity index is 0.000000898. The fourth-order valence-corrected chi connectivity index (χ4v) is 5.95. The van der Waals surface area contributed by atoms with Gasteiger partial charge in [-0.3, -0.25) is 9.59 Å². The van der Waals surface area contributed by atoms with Crippen LogP contribution < -0.4 is 15.4 Å². The average Bonchev–Trinajstić information content (AvgIpc) is 3.66.